The molecule has 0 saturated heterocycles. The van der Waals surface area contributed by atoms with Crippen LogP contribution in [0.2, 0.25) is 0 Å². The number of rotatable bonds is 6. The summed E-state index contributed by atoms with van der Waals surface area (Å²) < 4.78 is 0. The van der Waals surface area contributed by atoms with E-state index in [1.807, 2.05) is 36.9 Å². The van der Waals surface area contributed by atoms with Crippen molar-refractivity contribution in [2.75, 3.05) is 0 Å². The van der Waals surface area contributed by atoms with Crippen molar-refractivity contribution < 1.29 is 0 Å². The van der Waals surface area contributed by atoms with Gasteiger partial charge in [0.2, 0.25) is 0 Å². The molecule has 0 bridgehead atoms. The molecule has 0 fully saturated rings. The Morgan fingerprint density at radius 3 is 1.14 bits per heavy atom. The molecule has 11 rings (SSSR count). The van der Waals surface area contributed by atoms with Crippen molar-refractivity contribution in [3.8, 4) is 67.0 Å². The summed E-state index contributed by atoms with van der Waals surface area (Å²) in [6.45, 7) is 0. The second-order valence-corrected chi connectivity index (χ2v) is 14.7. The van der Waals surface area contributed by atoms with Gasteiger partial charge in [0.05, 0.1) is 11.4 Å². The van der Waals surface area contributed by atoms with Gasteiger partial charge in [0, 0.05) is 48.3 Å². The highest BCUT2D eigenvalue weighted by Crippen LogP contribution is 2.47. The van der Waals surface area contributed by atoms with Gasteiger partial charge in [-0.1, -0.05) is 97.1 Å². The van der Waals surface area contributed by atoms with E-state index in [0.29, 0.717) is 0 Å². The number of fused-ring (bicyclic) bond motifs is 4. The zero-order valence-corrected chi connectivity index (χ0v) is 31.4. The van der Waals surface area contributed by atoms with Crippen molar-refractivity contribution in [3.63, 3.8) is 0 Å². The molecule has 0 atom stereocenters. The van der Waals surface area contributed by atoms with E-state index < -0.39 is 0 Å². The second kappa shape index (κ2) is 14.0. The van der Waals surface area contributed by atoms with Gasteiger partial charge in [-0.3, -0.25) is 19.9 Å². The molecule has 4 heteroatoms. The molecule has 0 unspecified atom stereocenters. The van der Waals surface area contributed by atoms with E-state index in [4.69, 9.17) is 9.97 Å². The predicted octanol–water partition coefficient (Wildman–Crippen LogP) is 13.9. The van der Waals surface area contributed by atoms with Gasteiger partial charge >= 0.3 is 0 Å². The molecule has 58 heavy (non-hydrogen) atoms. The third kappa shape index (κ3) is 5.96. The van der Waals surface area contributed by atoms with Crippen LogP contribution < -0.4 is 0 Å². The lowest BCUT2D eigenvalue weighted by molar-refractivity contribution is 1.28. The number of pyridine rings is 4. The summed E-state index contributed by atoms with van der Waals surface area (Å²) in [5.74, 6) is 0. The normalized spacial score (nSPS) is 11.4. The Morgan fingerprint density at radius 2 is 0.690 bits per heavy atom. The quantitative estimate of drug-likeness (QED) is 0.159. The number of aromatic nitrogens is 4. The third-order valence-corrected chi connectivity index (χ3v) is 11.3. The summed E-state index contributed by atoms with van der Waals surface area (Å²) in [4.78, 5) is 18.2. The van der Waals surface area contributed by atoms with Gasteiger partial charge in [0.1, 0.15) is 0 Å². The minimum atomic E-state index is 0.895. The molecule has 7 aromatic carbocycles. The summed E-state index contributed by atoms with van der Waals surface area (Å²) in [7, 11) is 0. The zero-order valence-electron chi connectivity index (χ0n) is 31.4. The van der Waals surface area contributed by atoms with E-state index >= 15 is 0 Å². The van der Waals surface area contributed by atoms with Crippen LogP contribution in [-0.4, -0.2) is 19.9 Å². The van der Waals surface area contributed by atoms with Crippen LogP contribution in [0.3, 0.4) is 0 Å². The molecule has 270 valence electrons. The van der Waals surface area contributed by atoms with Crippen molar-refractivity contribution in [3.05, 3.63) is 207 Å². The van der Waals surface area contributed by atoms with E-state index in [1.165, 1.54) is 65.3 Å². The molecule has 0 spiro atoms. The van der Waals surface area contributed by atoms with E-state index in [0.717, 1.165) is 44.8 Å². The Kier molecular flexibility index (Phi) is 8.11. The van der Waals surface area contributed by atoms with Crippen LogP contribution in [0.15, 0.2) is 207 Å². The first-order chi connectivity index (χ1) is 28.7. The molecular weight excluding hydrogens is 705 g/mol. The minimum Gasteiger partial charge on any atom is -0.264 e. The highest BCUT2D eigenvalue weighted by atomic mass is 14.7. The number of benzene rings is 7. The van der Waals surface area contributed by atoms with Crippen molar-refractivity contribution >= 4 is 43.1 Å². The van der Waals surface area contributed by atoms with Crippen molar-refractivity contribution in [1.29, 1.82) is 0 Å². The van der Waals surface area contributed by atoms with Crippen molar-refractivity contribution in [1.82, 2.24) is 19.9 Å². The third-order valence-electron chi connectivity index (χ3n) is 11.3. The molecule has 0 aliphatic heterocycles. The Labute approximate surface area is 335 Å². The Morgan fingerprint density at radius 1 is 0.259 bits per heavy atom. The van der Waals surface area contributed by atoms with Crippen LogP contribution in [0.25, 0.3) is 110 Å². The maximum Gasteiger partial charge on any atom is 0.0723 e. The molecule has 4 heterocycles. The highest BCUT2D eigenvalue weighted by Gasteiger charge is 2.20. The lowest BCUT2D eigenvalue weighted by atomic mass is 9.83. The predicted molar refractivity (Wildman–Crippen MR) is 240 cm³/mol. The Hall–Kier alpha value is -7.82. The largest absolute Gasteiger partial charge is 0.264 e. The molecule has 4 nitrogen and oxygen atoms in total. The average Bonchev–Trinajstić information content (AvgIpc) is 3.30. The van der Waals surface area contributed by atoms with E-state index in [2.05, 4.69) is 168 Å². The lowest BCUT2D eigenvalue weighted by Gasteiger charge is -2.20. The summed E-state index contributed by atoms with van der Waals surface area (Å²) in [6, 6.07) is 61.4. The maximum absolute atomic E-state index is 4.72. The van der Waals surface area contributed by atoms with Gasteiger partial charge in [-0.25, -0.2) is 0 Å². The van der Waals surface area contributed by atoms with Gasteiger partial charge in [-0.2, -0.15) is 0 Å². The number of hydrogen-bond donors (Lipinski definition) is 0. The number of hydrogen-bond acceptors (Lipinski definition) is 4. The van der Waals surface area contributed by atoms with Gasteiger partial charge in [0.25, 0.3) is 0 Å². The van der Waals surface area contributed by atoms with Crippen LogP contribution in [-0.2, 0) is 0 Å². The molecule has 4 aromatic heterocycles. The molecule has 0 aliphatic rings. The second-order valence-electron chi connectivity index (χ2n) is 14.7. The molecule has 0 amide bonds. The van der Waals surface area contributed by atoms with Gasteiger partial charge in [-0.05, 0) is 160 Å². The fourth-order valence-electron chi connectivity index (χ4n) is 8.46. The van der Waals surface area contributed by atoms with Gasteiger partial charge in [-0.15, -0.1) is 0 Å². The first-order valence-electron chi connectivity index (χ1n) is 19.5. The molecule has 11 aromatic rings. The summed E-state index contributed by atoms with van der Waals surface area (Å²) >= 11 is 0. The molecule has 0 aliphatic carbocycles. The first-order valence-corrected chi connectivity index (χ1v) is 19.5. The zero-order chi connectivity index (χ0) is 38.4. The summed E-state index contributed by atoms with van der Waals surface area (Å²) in [5, 5.41) is 9.64. The van der Waals surface area contributed by atoms with Crippen LogP contribution in [0, 0.1) is 0 Å². The molecule has 0 N–H and O–H groups in total. The molecular formula is C54H34N4. The monoisotopic (exact) mass is 738 g/mol. The van der Waals surface area contributed by atoms with E-state index in [-0.39, 0.29) is 0 Å². The summed E-state index contributed by atoms with van der Waals surface area (Å²) in [6.07, 6.45) is 11.1. The van der Waals surface area contributed by atoms with Crippen LogP contribution in [0.4, 0.5) is 0 Å². The molecule has 0 saturated carbocycles. The van der Waals surface area contributed by atoms with Crippen molar-refractivity contribution in [2.24, 2.45) is 0 Å². The van der Waals surface area contributed by atoms with Gasteiger partial charge in [0.15, 0.2) is 0 Å². The molecule has 0 radical (unpaired) electrons. The smallest absolute Gasteiger partial charge is 0.0723 e. The van der Waals surface area contributed by atoms with Crippen LogP contribution in [0.5, 0.6) is 0 Å². The topological polar surface area (TPSA) is 51.6 Å². The van der Waals surface area contributed by atoms with Gasteiger partial charge < -0.3 is 0 Å². The van der Waals surface area contributed by atoms with E-state index in [9.17, 15) is 0 Å². The van der Waals surface area contributed by atoms with Crippen LogP contribution >= 0.6 is 0 Å². The van der Waals surface area contributed by atoms with E-state index in [1.54, 1.807) is 12.4 Å². The fourth-order valence-corrected chi connectivity index (χ4v) is 8.46. The van der Waals surface area contributed by atoms with Crippen molar-refractivity contribution in [2.45, 2.75) is 0 Å². The minimum absolute atomic E-state index is 0.895. The fraction of sp³-hybridized carbons (Fsp3) is 0. The summed E-state index contributed by atoms with van der Waals surface area (Å²) in [5.41, 5.74) is 13.0. The standard InChI is InChI=1S/C54H34N4/c1-3-9-37-27-43(15-13-35(37)7-1)53-47-19-17-40(42-22-26-58-52(32-42)46-12-6-24-56-34-46)30-50(47)54(44-16-14-36-8-2-4-10-38(36)28-44)48-20-18-39(29-49(48)53)41-21-25-57-51(31-41)45-11-5-23-55-33-45/h1-34H. The first kappa shape index (κ1) is 33.5. The van der Waals surface area contributed by atoms with Crippen LogP contribution in [0.1, 0.15) is 0 Å². The Bertz CT molecular complexity index is 3110. The maximum atomic E-state index is 4.72. The Balaban J connectivity index is 1.22. The highest BCUT2D eigenvalue weighted by molar-refractivity contribution is 6.23. The SMILES string of the molecule is c1cncc(-c2cc(-c3ccc4c(-c5ccc6ccccc6c5)c5cc(-c6ccnc(-c7cccnc7)c6)ccc5c(-c5ccc6ccccc6c5)c4c3)ccn2)c1. The number of nitrogens with zero attached hydrogens (tertiary/aromatic N) is 4. The average molecular weight is 739 g/mol. The lowest BCUT2D eigenvalue weighted by Crippen LogP contribution is -1.93.